The molecule has 132 valence electrons. The summed E-state index contributed by atoms with van der Waals surface area (Å²) in [6.45, 7) is 6.06. The van der Waals surface area contributed by atoms with Crippen LogP contribution in [0.3, 0.4) is 0 Å². The van der Waals surface area contributed by atoms with Crippen LogP contribution in [0.4, 0.5) is 10.5 Å². The number of nitrogens with one attached hydrogen (secondary N) is 2. The number of aryl methyl sites for hydroxylation is 1. The average molecular weight is 339 g/mol. The molecule has 25 heavy (non-hydrogen) atoms. The Morgan fingerprint density at radius 1 is 1.12 bits per heavy atom. The van der Waals surface area contributed by atoms with Crippen LogP contribution in [0.1, 0.15) is 17.2 Å². The number of anilines is 1. The summed E-state index contributed by atoms with van der Waals surface area (Å²) in [6, 6.07) is 17.6. The molecule has 1 unspecified atom stereocenters. The van der Waals surface area contributed by atoms with Crippen molar-refractivity contribution in [3.8, 4) is 0 Å². The van der Waals surface area contributed by atoms with Gasteiger partial charge in [0.2, 0.25) is 0 Å². The van der Waals surface area contributed by atoms with Gasteiger partial charge in [-0.05, 0) is 30.2 Å². The van der Waals surface area contributed by atoms with Gasteiger partial charge in [-0.2, -0.15) is 0 Å². The van der Waals surface area contributed by atoms with Crippen molar-refractivity contribution in [2.24, 2.45) is 0 Å². The van der Waals surface area contributed by atoms with Gasteiger partial charge in [-0.25, -0.2) is 4.79 Å². The molecule has 0 aliphatic carbocycles. The van der Waals surface area contributed by atoms with Gasteiger partial charge in [0.05, 0.1) is 19.3 Å². The molecular formula is C20H25N3O2. The third-order valence-electron chi connectivity index (χ3n) is 4.33. The minimum Gasteiger partial charge on any atom is -0.379 e. The summed E-state index contributed by atoms with van der Waals surface area (Å²) in [5.41, 5.74) is 3.02. The second kappa shape index (κ2) is 8.65. The number of rotatable bonds is 5. The molecule has 5 nitrogen and oxygen atoms in total. The number of morpholine rings is 1. The zero-order valence-corrected chi connectivity index (χ0v) is 14.6. The van der Waals surface area contributed by atoms with E-state index in [1.54, 1.807) is 0 Å². The van der Waals surface area contributed by atoms with Crippen LogP contribution >= 0.6 is 0 Å². The number of carbonyl (C=O) groups excluding carboxylic acids is 1. The van der Waals surface area contributed by atoms with Crippen molar-refractivity contribution >= 4 is 11.7 Å². The molecule has 2 amide bonds. The highest BCUT2D eigenvalue weighted by Gasteiger charge is 2.20. The molecule has 0 bridgehead atoms. The first kappa shape index (κ1) is 17.5. The minimum absolute atomic E-state index is 0.0656. The first-order chi connectivity index (χ1) is 12.2. The normalized spacial score (nSPS) is 16.2. The van der Waals surface area contributed by atoms with Crippen molar-refractivity contribution in [2.75, 3.05) is 38.2 Å². The second-order valence-corrected chi connectivity index (χ2v) is 6.34. The van der Waals surface area contributed by atoms with Crippen LogP contribution in [0.15, 0.2) is 54.6 Å². The molecule has 0 radical (unpaired) electrons. The maximum atomic E-state index is 12.5. The highest BCUT2D eigenvalue weighted by atomic mass is 16.5. The first-order valence-electron chi connectivity index (χ1n) is 8.70. The van der Waals surface area contributed by atoms with Crippen molar-refractivity contribution in [3.63, 3.8) is 0 Å². The summed E-state index contributed by atoms with van der Waals surface area (Å²) in [7, 11) is 0. The second-order valence-electron chi connectivity index (χ2n) is 6.34. The lowest BCUT2D eigenvalue weighted by molar-refractivity contribution is 0.0340. The lowest BCUT2D eigenvalue weighted by Gasteiger charge is -2.31. The third kappa shape index (κ3) is 5.31. The van der Waals surface area contributed by atoms with Gasteiger partial charge in [0.1, 0.15) is 0 Å². The topological polar surface area (TPSA) is 53.6 Å². The Hall–Kier alpha value is -2.37. The Balaban J connectivity index is 1.67. The Kier molecular flexibility index (Phi) is 6.04. The van der Waals surface area contributed by atoms with Crippen LogP contribution in [0.25, 0.3) is 0 Å². The molecule has 3 rings (SSSR count). The van der Waals surface area contributed by atoms with E-state index in [4.69, 9.17) is 4.74 Å². The molecule has 1 fully saturated rings. The Labute approximate surface area is 149 Å². The van der Waals surface area contributed by atoms with E-state index in [2.05, 4.69) is 27.7 Å². The predicted octanol–water partition coefficient (Wildman–Crippen LogP) is 3.19. The van der Waals surface area contributed by atoms with Gasteiger partial charge < -0.3 is 15.4 Å². The maximum absolute atomic E-state index is 12.5. The van der Waals surface area contributed by atoms with E-state index in [-0.39, 0.29) is 12.1 Å². The summed E-state index contributed by atoms with van der Waals surface area (Å²) >= 11 is 0. The maximum Gasteiger partial charge on any atom is 0.319 e. The first-order valence-corrected chi connectivity index (χ1v) is 8.70. The zero-order chi connectivity index (χ0) is 17.5. The molecule has 2 N–H and O–H groups in total. The zero-order valence-electron chi connectivity index (χ0n) is 14.6. The van der Waals surface area contributed by atoms with E-state index in [1.165, 1.54) is 0 Å². The van der Waals surface area contributed by atoms with Crippen LogP contribution in [-0.4, -0.2) is 43.8 Å². The van der Waals surface area contributed by atoms with Gasteiger partial charge in [0.15, 0.2) is 0 Å². The van der Waals surface area contributed by atoms with Gasteiger partial charge in [0.25, 0.3) is 0 Å². The SMILES string of the molecule is Cc1cccc(NC(=O)NC(CN2CCOCC2)c2ccccc2)c1. The van der Waals surface area contributed by atoms with Gasteiger partial charge >= 0.3 is 6.03 Å². The highest BCUT2D eigenvalue weighted by Crippen LogP contribution is 2.16. The van der Waals surface area contributed by atoms with Crippen LogP contribution in [-0.2, 0) is 4.74 Å². The summed E-state index contributed by atoms with van der Waals surface area (Å²) in [4.78, 5) is 14.8. The van der Waals surface area contributed by atoms with E-state index in [9.17, 15) is 4.79 Å². The Morgan fingerprint density at radius 2 is 1.88 bits per heavy atom. The summed E-state index contributed by atoms with van der Waals surface area (Å²) in [5.74, 6) is 0. The fourth-order valence-corrected chi connectivity index (χ4v) is 3.01. The van der Waals surface area contributed by atoms with Gasteiger partial charge in [0, 0.05) is 25.3 Å². The molecule has 1 atom stereocenters. The molecule has 1 aliphatic heterocycles. The van der Waals surface area contributed by atoms with Gasteiger partial charge in [-0.1, -0.05) is 42.5 Å². The monoisotopic (exact) mass is 339 g/mol. The molecule has 1 aliphatic rings. The predicted molar refractivity (Wildman–Crippen MR) is 99.8 cm³/mol. The van der Waals surface area contributed by atoms with E-state index in [0.717, 1.165) is 49.7 Å². The molecule has 2 aromatic rings. The number of ether oxygens (including phenoxy) is 1. The fourth-order valence-electron chi connectivity index (χ4n) is 3.01. The van der Waals surface area contributed by atoms with Crippen LogP contribution in [0.5, 0.6) is 0 Å². The van der Waals surface area contributed by atoms with Crippen molar-refractivity contribution < 1.29 is 9.53 Å². The van der Waals surface area contributed by atoms with Crippen LogP contribution in [0.2, 0.25) is 0 Å². The number of nitrogens with zero attached hydrogens (tertiary/aromatic N) is 1. The number of hydrogen-bond acceptors (Lipinski definition) is 3. The molecule has 0 aromatic heterocycles. The Bertz CT molecular complexity index is 684. The van der Waals surface area contributed by atoms with Gasteiger partial charge in [-0.15, -0.1) is 0 Å². The van der Waals surface area contributed by atoms with Gasteiger partial charge in [-0.3, -0.25) is 4.90 Å². The third-order valence-corrected chi connectivity index (χ3v) is 4.33. The summed E-state index contributed by atoms with van der Waals surface area (Å²) < 4.78 is 5.42. The molecule has 2 aromatic carbocycles. The van der Waals surface area contributed by atoms with Crippen molar-refractivity contribution in [1.29, 1.82) is 0 Å². The van der Waals surface area contributed by atoms with E-state index in [0.29, 0.717) is 0 Å². The van der Waals surface area contributed by atoms with E-state index in [1.807, 2.05) is 49.4 Å². The largest absolute Gasteiger partial charge is 0.379 e. The summed E-state index contributed by atoms with van der Waals surface area (Å²) in [6.07, 6.45) is 0. The fraction of sp³-hybridized carbons (Fsp3) is 0.350. The molecule has 0 saturated carbocycles. The smallest absolute Gasteiger partial charge is 0.319 e. The number of urea groups is 1. The summed E-state index contributed by atoms with van der Waals surface area (Å²) in [5, 5.41) is 6.04. The molecule has 0 spiro atoms. The van der Waals surface area contributed by atoms with E-state index < -0.39 is 0 Å². The molecule has 5 heteroatoms. The standard InChI is InChI=1S/C20H25N3O2/c1-16-6-5-9-18(14-16)21-20(24)22-19(17-7-3-2-4-8-17)15-23-10-12-25-13-11-23/h2-9,14,19H,10-13,15H2,1H3,(H2,21,22,24). The number of hydrogen-bond donors (Lipinski definition) is 2. The molecule has 1 heterocycles. The average Bonchev–Trinajstić information content (AvgIpc) is 2.63. The number of benzene rings is 2. The van der Waals surface area contributed by atoms with Crippen molar-refractivity contribution in [1.82, 2.24) is 10.2 Å². The lowest BCUT2D eigenvalue weighted by atomic mass is 10.1. The molecule has 1 saturated heterocycles. The van der Waals surface area contributed by atoms with Crippen molar-refractivity contribution in [3.05, 3.63) is 65.7 Å². The number of amides is 2. The minimum atomic E-state index is -0.187. The van der Waals surface area contributed by atoms with Crippen molar-refractivity contribution in [2.45, 2.75) is 13.0 Å². The number of carbonyl (C=O) groups is 1. The van der Waals surface area contributed by atoms with Crippen LogP contribution < -0.4 is 10.6 Å². The quantitative estimate of drug-likeness (QED) is 0.880. The van der Waals surface area contributed by atoms with Crippen LogP contribution in [0, 0.1) is 6.92 Å². The van der Waals surface area contributed by atoms with E-state index >= 15 is 0 Å². The Morgan fingerprint density at radius 3 is 2.60 bits per heavy atom. The lowest BCUT2D eigenvalue weighted by Crippen LogP contribution is -2.44. The molecular weight excluding hydrogens is 314 g/mol. The highest BCUT2D eigenvalue weighted by molar-refractivity contribution is 5.89.